The van der Waals surface area contributed by atoms with Crippen LogP contribution in [0.2, 0.25) is 0 Å². The third-order valence-electron chi connectivity index (χ3n) is 6.50. The van der Waals surface area contributed by atoms with Gasteiger partial charge in [0.2, 0.25) is 5.91 Å². The van der Waals surface area contributed by atoms with Gasteiger partial charge in [-0.1, -0.05) is 18.2 Å². The van der Waals surface area contributed by atoms with Crippen molar-refractivity contribution in [3.63, 3.8) is 0 Å². The number of fused-ring (bicyclic) bond motifs is 1. The fraction of sp³-hybridized carbons (Fsp3) is 0.143. The van der Waals surface area contributed by atoms with Crippen LogP contribution in [0, 0.1) is 6.92 Å². The number of hydrogen-bond acceptors (Lipinski definition) is 9. The molecule has 208 valence electrons. The highest BCUT2D eigenvalue weighted by Gasteiger charge is 2.24. The number of carbonyl (C=O) groups excluding carboxylic acids is 2. The molecule has 13 heteroatoms. The lowest BCUT2D eigenvalue weighted by atomic mass is 10.1. The Morgan fingerprint density at radius 2 is 1.83 bits per heavy atom. The van der Waals surface area contributed by atoms with Crippen molar-refractivity contribution in [3.05, 3.63) is 100.0 Å². The van der Waals surface area contributed by atoms with E-state index in [1.54, 1.807) is 13.1 Å². The highest BCUT2D eigenvalue weighted by atomic mass is 16.5. The smallest absolute Gasteiger partial charge is 0.282 e. The van der Waals surface area contributed by atoms with E-state index in [9.17, 15) is 14.4 Å². The molecule has 1 atom stereocenters. The van der Waals surface area contributed by atoms with Crippen LogP contribution in [0.1, 0.15) is 45.1 Å². The molecular weight excluding hydrogens is 526 g/mol. The zero-order valence-corrected chi connectivity index (χ0v) is 22.5. The number of carbonyl (C=O) groups is 2. The van der Waals surface area contributed by atoms with Crippen molar-refractivity contribution in [3.8, 4) is 11.4 Å². The zero-order chi connectivity index (χ0) is 29.3. The third kappa shape index (κ3) is 5.03. The van der Waals surface area contributed by atoms with Crippen LogP contribution in [0.25, 0.3) is 11.2 Å². The van der Waals surface area contributed by atoms with Crippen molar-refractivity contribution in [1.82, 2.24) is 24.1 Å². The van der Waals surface area contributed by atoms with Crippen molar-refractivity contribution in [2.45, 2.75) is 19.9 Å². The zero-order valence-electron chi connectivity index (χ0n) is 22.5. The van der Waals surface area contributed by atoms with Gasteiger partial charge in [-0.15, -0.1) is 0 Å². The van der Waals surface area contributed by atoms with E-state index in [2.05, 4.69) is 20.6 Å². The number of benzene rings is 2. The summed E-state index contributed by atoms with van der Waals surface area (Å²) in [6.45, 7) is 3.63. The number of nitrogens with two attached hydrogens (primary N) is 2. The Morgan fingerprint density at radius 3 is 2.54 bits per heavy atom. The molecular formula is C28H27N9O4. The molecule has 0 fully saturated rings. The molecule has 2 amide bonds. The average molecular weight is 554 g/mol. The van der Waals surface area contributed by atoms with Gasteiger partial charge in [0.15, 0.2) is 5.82 Å². The summed E-state index contributed by atoms with van der Waals surface area (Å²) in [6, 6.07) is 14.7. The van der Waals surface area contributed by atoms with Gasteiger partial charge in [-0.25, -0.2) is 14.5 Å². The molecule has 0 aliphatic heterocycles. The number of rotatable bonds is 8. The third-order valence-corrected chi connectivity index (χ3v) is 6.50. The van der Waals surface area contributed by atoms with Crippen LogP contribution in [-0.2, 0) is 0 Å². The lowest BCUT2D eigenvalue weighted by Gasteiger charge is -2.21. The molecule has 41 heavy (non-hydrogen) atoms. The van der Waals surface area contributed by atoms with Gasteiger partial charge in [-0.3, -0.25) is 19.0 Å². The summed E-state index contributed by atoms with van der Waals surface area (Å²) in [4.78, 5) is 47.1. The van der Waals surface area contributed by atoms with Crippen LogP contribution in [-0.4, -0.2) is 43.1 Å². The number of ether oxygens (including phenoxy) is 1. The number of hydrogen-bond donors (Lipinski definition) is 4. The predicted octanol–water partition coefficient (Wildman–Crippen LogP) is 2.70. The molecule has 1 unspecified atom stereocenters. The van der Waals surface area contributed by atoms with Gasteiger partial charge in [0, 0.05) is 11.8 Å². The van der Waals surface area contributed by atoms with E-state index < -0.39 is 17.9 Å². The Bertz CT molecular complexity index is 1850. The Hall–Kier alpha value is -5.72. The summed E-state index contributed by atoms with van der Waals surface area (Å²) in [7, 11) is 1.42. The van der Waals surface area contributed by atoms with Gasteiger partial charge in [-0.2, -0.15) is 5.10 Å². The van der Waals surface area contributed by atoms with Crippen LogP contribution in [0.15, 0.2) is 71.9 Å². The number of aryl methyl sites for hydroxylation is 1. The van der Waals surface area contributed by atoms with E-state index in [0.717, 1.165) is 5.56 Å². The SMILES string of the molecule is COc1ccc(C(N)=O)cc1NC(=O)c1c(N)ncnc1NC(C)c1nn2ccc(C)c2c(=O)n1-c1ccccc1. The highest BCUT2D eigenvalue weighted by molar-refractivity contribution is 6.11. The number of aromatic nitrogens is 5. The Morgan fingerprint density at radius 1 is 1.07 bits per heavy atom. The maximum atomic E-state index is 13.7. The van der Waals surface area contributed by atoms with Crippen LogP contribution < -0.4 is 32.4 Å². The average Bonchev–Trinajstić information content (AvgIpc) is 3.34. The van der Waals surface area contributed by atoms with Gasteiger partial charge >= 0.3 is 0 Å². The van der Waals surface area contributed by atoms with Gasteiger partial charge in [-0.05, 0) is 55.8 Å². The summed E-state index contributed by atoms with van der Waals surface area (Å²) >= 11 is 0. The molecule has 0 aliphatic carbocycles. The number of amides is 2. The molecule has 2 aromatic carbocycles. The van der Waals surface area contributed by atoms with Crippen LogP contribution in [0.5, 0.6) is 5.75 Å². The Balaban J connectivity index is 1.55. The molecule has 0 bridgehead atoms. The fourth-order valence-electron chi connectivity index (χ4n) is 4.48. The van der Waals surface area contributed by atoms with Crippen LogP contribution in [0.3, 0.4) is 0 Å². The number of anilines is 3. The van der Waals surface area contributed by atoms with Crippen molar-refractivity contribution in [2.75, 3.05) is 23.5 Å². The highest BCUT2D eigenvalue weighted by Crippen LogP contribution is 2.29. The monoisotopic (exact) mass is 553 g/mol. The number of nitrogen functional groups attached to an aromatic ring is 1. The molecule has 0 saturated carbocycles. The van der Waals surface area contributed by atoms with Gasteiger partial charge in [0.25, 0.3) is 11.5 Å². The van der Waals surface area contributed by atoms with Gasteiger partial charge < -0.3 is 26.8 Å². The Kier molecular flexibility index (Phi) is 7.08. The molecule has 0 saturated heterocycles. The lowest BCUT2D eigenvalue weighted by Crippen LogP contribution is -2.30. The van der Waals surface area contributed by atoms with Crippen LogP contribution >= 0.6 is 0 Å². The maximum Gasteiger partial charge on any atom is 0.282 e. The minimum Gasteiger partial charge on any atom is -0.495 e. The van der Waals surface area contributed by atoms with Crippen molar-refractivity contribution < 1.29 is 14.3 Å². The molecule has 0 aliphatic rings. The van der Waals surface area contributed by atoms with Gasteiger partial charge in [0.05, 0.1) is 24.5 Å². The summed E-state index contributed by atoms with van der Waals surface area (Å²) in [5.74, 6) is -0.666. The molecule has 5 rings (SSSR count). The van der Waals surface area contributed by atoms with E-state index in [-0.39, 0.29) is 34.0 Å². The fourth-order valence-corrected chi connectivity index (χ4v) is 4.48. The van der Waals surface area contributed by atoms with E-state index >= 15 is 0 Å². The first-order valence-corrected chi connectivity index (χ1v) is 12.5. The van der Waals surface area contributed by atoms with Crippen molar-refractivity contribution >= 4 is 34.7 Å². The number of nitrogens with zero attached hydrogens (tertiary/aromatic N) is 5. The molecule has 0 radical (unpaired) electrons. The molecule has 0 spiro atoms. The molecule has 3 heterocycles. The van der Waals surface area contributed by atoms with E-state index in [1.165, 1.54) is 40.7 Å². The summed E-state index contributed by atoms with van der Waals surface area (Å²) < 4.78 is 8.37. The largest absolute Gasteiger partial charge is 0.495 e. The lowest BCUT2D eigenvalue weighted by molar-refractivity contribution is 0.0996. The first-order valence-electron chi connectivity index (χ1n) is 12.5. The standard InChI is InChI=1S/C28H27N9O4/c1-15-11-12-36-22(15)28(40)37(18-7-5-4-6-8-18)26(35-36)16(2)33-25-21(23(29)31-14-32-25)27(39)34-19-13-17(24(30)38)9-10-20(19)41-3/h4-14,16H,1-3H3,(H2,30,38)(H,34,39)(H3,29,31,32,33). The quantitative estimate of drug-likeness (QED) is 0.224. The second-order valence-electron chi connectivity index (χ2n) is 9.21. The predicted molar refractivity (Wildman–Crippen MR) is 153 cm³/mol. The molecule has 6 N–H and O–H groups in total. The number of methoxy groups -OCH3 is 1. The van der Waals surface area contributed by atoms with E-state index in [0.29, 0.717) is 22.8 Å². The van der Waals surface area contributed by atoms with Crippen LogP contribution in [0.4, 0.5) is 17.3 Å². The van der Waals surface area contributed by atoms with E-state index in [4.69, 9.17) is 21.3 Å². The number of nitrogens with one attached hydrogen (secondary N) is 2. The summed E-state index contributed by atoms with van der Waals surface area (Å²) in [6.07, 6.45) is 2.93. The minimum atomic E-state index is -0.672. The summed E-state index contributed by atoms with van der Waals surface area (Å²) in [5, 5.41) is 10.6. The van der Waals surface area contributed by atoms with Gasteiger partial charge in [0.1, 0.15) is 34.8 Å². The summed E-state index contributed by atoms with van der Waals surface area (Å²) in [5.41, 5.74) is 13.5. The van der Waals surface area contributed by atoms with Crippen molar-refractivity contribution in [1.29, 1.82) is 0 Å². The molecule has 3 aromatic heterocycles. The number of primary amides is 1. The second kappa shape index (κ2) is 10.8. The normalized spacial score (nSPS) is 11.7. The minimum absolute atomic E-state index is 0.0580. The van der Waals surface area contributed by atoms with E-state index in [1.807, 2.05) is 43.3 Å². The van der Waals surface area contributed by atoms with Crippen molar-refractivity contribution in [2.24, 2.45) is 5.73 Å². The Labute approximate surface area is 233 Å². The first-order chi connectivity index (χ1) is 19.7. The number of para-hydroxylation sites is 1. The second-order valence-corrected chi connectivity index (χ2v) is 9.21. The molecule has 5 aromatic rings. The topological polar surface area (TPSA) is 185 Å². The first kappa shape index (κ1) is 26.9. The molecule has 13 nitrogen and oxygen atoms in total. The maximum absolute atomic E-state index is 13.7.